The van der Waals surface area contributed by atoms with Crippen LogP contribution in [0.4, 0.5) is 17.6 Å². The van der Waals surface area contributed by atoms with Gasteiger partial charge >= 0.3 is 6.18 Å². The van der Waals surface area contributed by atoms with E-state index in [1.54, 1.807) is 13.0 Å². The fourth-order valence-corrected chi connectivity index (χ4v) is 2.22. The Bertz CT molecular complexity index is 638. The average Bonchev–Trinajstić information content (AvgIpc) is 2.41. The number of hydrogen-bond donors (Lipinski definition) is 2. The van der Waals surface area contributed by atoms with Crippen molar-refractivity contribution in [1.82, 2.24) is 5.43 Å². The molecule has 0 amide bonds. The Labute approximate surface area is 119 Å². The third-order valence-electron chi connectivity index (χ3n) is 3.26. The SMILES string of the molecule is Cc1cc(F)ccc1C(NN)c1cccc(C(F)(F)F)c1. The summed E-state index contributed by atoms with van der Waals surface area (Å²) in [6.07, 6.45) is -4.42. The molecule has 0 aliphatic rings. The van der Waals surface area contributed by atoms with Crippen LogP contribution < -0.4 is 11.3 Å². The van der Waals surface area contributed by atoms with Crippen molar-refractivity contribution in [2.45, 2.75) is 19.1 Å². The standard InChI is InChI=1S/C15H14F4N2/c1-9-7-12(16)5-6-13(9)14(21-20)10-3-2-4-11(8-10)15(17,18)19/h2-8,14,21H,20H2,1H3. The molecule has 2 rings (SSSR count). The lowest BCUT2D eigenvalue weighted by Gasteiger charge is -2.20. The number of aryl methyl sites for hydroxylation is 1. The van der Waals surface area contributed by atoms with E-state index in [0.29, 0.717) is 16.7 Å². The Morgan fingerprint density at radius 1 is 1.10 bits per heavy atom. The molecular formula is C15H14F4N2. The quantitative estimate of drug-likeness (QED) is 0.515. The number of nitrogens with two attached hydrogens (primary N) is 1. The molecule has 1 unspecified atom stereocenters. The van der Waals surface area contributed by atoms with Gasteiger partial charge in [-0.1, -0.05) is 18.2 Å². The highest BCUT2D eigenvalue weighted by Crippen LogP contribution is 2.32. The summed E-state index contributed by atoms with van der Waals surface area (Å²) < 4.78 is 51.4. The second-order valence-corrected chi connectivity index (χ2v) is 4.72. The van der Waals surface area contributed by atoms with E-state index in [-0.39, 0.29) is 0 Å². The van der Waals surface area contributed by atoms with Gasteiger partial charge in [0.25, 0.3) is 0 Å². The minimum absolute atomic E-state index is 0.363. The maximum Gasteiger partial charge on any atom is 0.416 e. The normalized spacial score (nSPS) is 13.2. The molecule has 0 heterocycles. The number of halogens is 4. The van der Waals surface area contributed by atoms with Crippen molar-refractivity contribution in [3.05, 3.63) is 70.5 Å². The molecule has 1 atom stereocenters. The summed E-state index contributed by atoms with van der Waals surface area (Å²) in [5.74, 6) is 5.07. The molecule has 0 saturated heterocycles. The summed E-state index contributed by atoms with van der Waals surface area (Å²) >= 11 is 0. The van der Waals surface area contributed by atoms with Crippen LogP contribution in [0.2, 0.25) is 0 Å². The van der Waals surface area contributed by atoms with Gasteiger partial charge < -0.3 is 0 Å². The van der Waals surface area contributed by atoms with Crippen molar-refractivity contribution in [2.24, 2.45) is 5.84 Å². The van der Waals surface area contributed by atoms with Gasteiger partial charge in [-0.15, -0.1) is 0 Å². The van der Waals surface area contributed by atoms with Crippen LogP contribution in [0.5, 0.6) is 0 Å². The zero-order chi connectivity index (χ0) is 15.6. The van der Waals surface area contributed by atoms with Crippen molar-refractivity contribution in [2.75, 3.05) is 0 Å². The zero-order valence-corrected chi connectivity index (χ0v) is 11.2. The topological polar surface area (TPSA) is 38.0 Å². The fourth-order valence-electron chi connectivity index (χ4n) is 2.22. The second-order valence-electron chi connectivity index (χ2n) is 4.72. The molecule has 0 aliphatic carbocycles. The van der Waals surface area contributed by atoms with Gasteiger partial charge in [0.15, 0.2) is 0 Å². The summed E-state index contributed by atoms with van der Waals surface area (Å²) in [5.41, 5.74) is 3.33. The maximum absolute atomic E-state index is 13.1. The minimum Gasteiger partial charge on any atom is -0.271 e. The number of benzene rings is 2. The lowest BCUT2D eigenvalue weighted by Crippen LogP contribution is -2.29. The Hall–Kier alpha value is -1.92. The first-order valence-electron chi connectivity index (χ1n) is 6.22. The van der Waals surface area contributed by atoms with Crippen LogP contribution in [0.15, 0.2) is 42.5 Å². The largest absolute Gasteiger partial charge is 0.416 e. The molecule has 0 fully saturated rings. The molecule has 2 aromatic carbocycles. The van der Waals surface area contributed by atoms with Crippen LogP contribution in [0.1, 0.15) is 28.3 Å². The summed E-state index contributed by atoms with van der Waals surface area (Å²) in [7, 11) is 0. The molecule has 0 saturated carbocycles. The summed E-state index contributed by atoms with van der Waals surface area (Å²) in [5, 5.41) is 0. The third kappa shape index (κ3) is 3.40. The van der Waals surface area contributed by atoms with Crippen molar-refractivity contribution < 1.29 is 17.6 Å². The fraction of sp³-hybridized carbons (Fsp3) is 0.200. The second kappa shape index (κ2) is 5.83. The maximum atomic E-state index is 13.1. The molecular weight excluding hydrogens is 284 g/mol. The van der Waals surface area contributed by atoms with E-state index in [0.717, 1.165) is 12.1 Å². The Morgan fingerprint density at radius 3 is 2.38 bits per heavy atom. The first kappa shape index (κ1) is 15.5. The van der Waals surface area contributed by atoms with Crippen LogP contribution in [0, 0.1) is 12.7 Å². The summed E-state index contributed by atoms with van der Waals surface area (Å²) in [6.45, 7) is 1.68. The molecule has 2 nitrogen and oxygen atoms in total. The molecule has 21 heavy (non-hydrogen) atoms. The van der Waals surface area contributed by atoms with E-state index in [9.17, 15) is 17.6 Å². The predicted octanol–water partition coefficient (Wildman–Crippen LogP) is 3.71. The van der Waals surface area contributed by atoms with E-state index >= 15 is 0 Å². The molecule has 0 spiro atoms. The molecule has 2 aromatic rings. The highest BCUT2D eigenvalue weighted by atomic mass is 19.4. The highest BCUT2D eigenvalue weighted by molar-refractivity contribution is 5.39. The molecule has 0 aromatic heterocycles. The van der Waals surface area contributed by atoms with Gasteiger partial charge in [-0.05, 0) is 47.9 Å². The third-order valence-corrected chi connectivity index (χ3v) is 3.26. The monoisotopic (exact) mass is 298 g/mol. The number of hydrazine groups is 1. The first-order valence-corrected chi connectivity index (χ1v) is 6.22. The van der Waals surface area contributed by atoms with Crippen LogP contribution in [-0.4, -0.2) is 0 Å². The van der Waals surface area contributed by atoms with Gasteiger partial charge in [0, 0.05) is 0 Å². The lowest BCUT2D eigenvalue weighted by atomic mass is 9.94. The van der Waals surface area contributed by atoms with E-state index in [2.05, 4.69) is 5.43 Å². The van der Waals surface area contributed by atoms with E-state index in [1.165, 1.54) is 24.3 Å². The average molecular weight is 298 g/mol. The molecule has 0 aliphatic heterocycles. The Kier molecular flexibility index (Phi) is 4.29. The van der Waals surface area contributed by atoms with E-state index in [1.807, 2.05) is 0 Å². The van der Waals surface area contributed by atoms with Crippen molar-refractivity contribution >= 4 is 0 Å². The molecule has 112 valence electrons. The molecule has 0 radical (unpaired) electrons. The van der Waals surface area contributed by atoms with E-state index in [4.69, 9.17) is 5.84 Å². The highest BCUT2D eigenvalue weighted by Gasteiger charge is 2.31. The zero-order valence-electron chi connectivity index (χ0n) is 11.2. The number of alkyl halides is 3. The first-order chi connectivity index (χ1) is 9.82. The van der Waals surface area contributed by atoms with E-state index < -0.39 is 23.6 Å². The number of rotatable bonds is 3. The van der Waals surface area contributed by atoms with Crippen LogP contribution in [-0.2, 0) is 6.18 Å². The number of hydrogen-bond acceptors (Lipinski definition) is 2. The van der Waals surface area contributed by atoms with Crippen LogP contribution in [0.25, 0.3) is 0 Å². The van der Waals surface area contributed by atoms with Crippen molar-refractivity contribution in [1.29, 1.82) is 0 Å². The lowest BCUT2D eigenvalue weighted by molar-refractivity contribution is -0.137. The van der Waals surface area contributed by atoms with Crippen molar-refractivity contribution in [3.8, 4) is 0 Å². The summed E-state index contributed by atoms with van der Waals surface area (Å²) in [6, 6.07) is 8.32. The van der Waals surface area contributed by atoms with Gasteiger partial charge in [-0.2, -0.15) is 13.2 Å². The van der Waals surface area contributed by atoms with Crippen LogP contribution >= 0.6 is 0 Å². The van der Waals surface area contributed by atoms with Crippen molar-refractivity contribution in [3.63, 3.8) is 0 Å². The van der Waals surface area contributed by atoms with Gasteiger partial charge in [0.2, 0.25) is 0 Å². The van der Waals surface area contributed by atoms with Gasteiger partial charge in [-0.25, -0.2) is 9.82 Å². The van der Waals surface area contributed by atoms with Gasteiger partial charge in [0.1, 0.15) is 5.82 Å². The predicted molar refractivity (Wildman–Crippen MR) is 71.7 cm³/mol. The van der Waals surface area contributed by atoms with Gasteiger partial charge in [-0.3, -0.25) is 5.84 Å². The Morgan fingerprint density at radius 2 is 1.81 bits per heavy atom. The Balaban J connectivity index is 2.47. The van der Waals surface area contributed by atoms with Gasteiger partial charge in [0.05, 0.1) is 11.6 Å². The molecule has 0 bridgehead atoms. The molecule has 3 N–H and O–H groups in total. The van der Waals surface area contributed by atoms with Crippen LogP contribution in [0.3, 0.4) is 0 Å². The number of nitrogens with one attached hydrogen (secondary N) is 1. The smallest absolute Gasteiger partial charge is 0.271 e. The molecule has 6 heteroatoms. The minimum atomic E-state index is -4.42. The summed E-state index contributed by atoms with van der Waals surface area (Å²) in [4.78, 5) is 0.